The van der Waals surface area contributed by atoms with Gasteiger partial charge >= 0.3 is 5.97 Å². The predicted octanol–water partition coefficient (Wildman–Crippen LogP) is 5.41. The third kappa shape index (κ3) is 33.0. The highest BCUT2D eigenvalue weighted by molar-refractivity contribution is 5.65. The molecule has 0 aliphatic heterocycles. The summed E-state index contributed by atoms with van der Waals surface area (Å²) in [5.41, 5.74) is 0. The number of aliphatic hydroxyl groups is 2. The Morgan fingerprint density at radius 3 is 1.21 bits per heavy atom. The number of hydrogen-bond donors (Lipinski definition) is 2. The maximum atomic E-state index is 10.5. The van der Waals surface area contributed by atoms with Gasteiger partial charge in [0.05, 0.1) is 6.61 Å². The molecule has 0 rings (SSSR count). The van der Waals surface area contributed by atoms with Crippen molar-refractivity contribution in [3.05, 3.63) is 0 Å². The molecule has 0 aliphatic rings. The Labute approximate surface area is 174 Å². The molecule has 28 heavy (non-hydrogen) atoms. The standard InChI is InChI=1S/C13H26O3.C10H22O2/c1-13(14)16-12-10-8-6-4-3-5-7-9-11-15-2;11-9-7-5-3-1-2-4-6-8-10-12/h3-12H2,1-2H3;11-12H,1-10H2. The Morgan fingerprint density at radius 2 is 0.893 bits per heavy atom. The van der Waals surface area contributed by atoms with Crippen molar-refractivity contribution in [1.29, 1.82) is 0 Å². The minimum absolute atomic E-state index is 0.168. The molecule has 0 atom stereocenters. The van der Waals surface area contributed by atoms with Gasteiger partial charge in [-0.3, -0.25) is 4.79 Å². The van der Waals surface area contributed by atoms with Crippen LogP contribution in [0, 0.1) is 0 Å². The lowest BCUT2D eigenvalue weighted by Gasteiger charge is -2.03. The van der Waals surface area contributed by atoms with E-state index < -0.39 is 0 Å². The number of aliphatic hydroxyl groups excluding tert-OH is 2. The smallest absolute Gasteiger partial charge is 0.302 e. The van der Waals surface area contributed by atoms with Gasteiger partial charge in [-0.1, -0.05) is 77.0 Å². The molecular weight excluding hydrogens is 356 g/mol. The van der Waals surface area contributed by atoms with Crippen LogP contribution >= 0.6 is 0 Å². The van der Waals surface area contributed by atoms with Gasteiger partial charge in [-0.25, -0.2) is 0 Å². The number of rotatable bonds is 20. The van der Waals surface area contributed by atoms with E-state index in [2.05, 4.69) is 0 Å². The summed E-state index contributed by atoms with van der Waals surface area (Å²) in [6.45, 7) is 3.61. The monoisotopic (exact) mass is 404 g/mol. The SMILES string of the molecule is COCCCCCCCCCCOC(C)=O.OCCCCCCCCCCO. The van der Waals surface area contributed by atoms with Crippen LogP contribution in [-0.4, -0.2) is 49.7 Å². The van der Waals surface area contributed by atoms with E-state index in [0.717, 1.165) is 38.7 Å². The number of ether oxygens (including phenoxy) is 2. The summed E-state index contributed by atoms with van der Waals surface area (Å²) in [7, 11) is 1.75. The van der Waals surface area contributed by atoms with E-state index in [4.69, 9.17) is 19.7 Å². The van der Waals surface area contributed by atoms with Crippen molar-refractivity contribution in [1.82, 2.24) is 0 Å². The molecule has 2 N–H and O–H groups in total. The molecule has 170 valence electrons. The molecule has 5 heteroatoms. The zero-order valence-corrected chi connectivity index (χ0v) is 18.8. The second-order valence-electron chi connectivity index (χ2n) is 7.44. The van der Waals surface area contributed by atoms with Gasteiger partial charge in [-0.2, -0.15) is 0 Å². The average Bonchev–Trinajstić information content (AvgIpc) is 2.68. The lowest BCUT2D eigenvalue weighted by Crippen LogP contribution is -2.00. The van der Waals surface area contributed by atoms with Gasteiger partial charge in [-0.15, -0.1) is 0 Å². The Morgan fingerprint density at radius 1 is 0.571 bits per heavy atom. The molecule has 0 spiro atoms. The van der Waals surface area contributed by atoms with Crippen molar-refractivity contribution in [3.8, 4) is 0 Å². The highest BCUT2D eigenvalue weighted by Crippen LogP contribution is 2.09. The summed E-state index contributed by atoms with van der Waals surface area (Å²) >= 11 is 0. The van der Waals surface area contributed by atoms with Gasteiger partial charge < -0.3 is 19.7 Å². The van der Waals surface area contributed by atoms with Crippen LogP contribution in [0.15, 0.2) is 0 Å². The fourth-order valence-electron chi connectivity index (χ4n) is 2.91. The highest BCUT2D eigenvalue weighted by Gasteiger charge is 1.94. The van der Waals surface area contributed by atoms with Crippen LogP contribution in [0.3, 0.4) is 0 Å². The zero-order valence-electron chi connectivity index (χ0n) is 18.8. The third-order valence-corrected chi connectivity index (χ3v) is 4.61. The molecule has 0 unspecified atom stereocenters. The second kappa shape index (κ2) is 28.6. The van der Waals surface area contributed by atoms with Crippen molar-refractivity contribution in [3.63, 3.8) is 0 Å². The highest BCUT2D eigenvalue weighted by atomic mass is 16.5. The number of carbonyl (C=O) groups is 1. The first-order valence-electron chi connectivity index (χ1n) is 11.5. The quantitative estimate of drug-likeness (QED) is 0.210. The summed E-state index contributed by atoms with van der Waals surface area (Å²) in [6.07, 6.45) is 19.1. The van der Waals surface area contributed by atoms with E-state index in [-0.39, 0.29) is 5.97 Å². The van der Waals surface area contributed by atoms with Crippen LogP contribution in [0.25, 0.3) is 0 Å². The van der Waals surface area contributed by atoms with E-state index >= 15 is 0 Å². The summed E-state index contributed by atoms with van der Waals surface area (Å²) in [4.78, 5) is 10.5. The van der Waals surface area contributed by atoms with Gasteiger partial charge in [0.15, 0.2) is 0 Å². The van der Waals surface area contributed by atoms with Crippen LogP contribution in [0.4, 0.5) is 0 Å². The minimum Gasteiger partial charge on any atom is -0.466 e. The van der Waals surface area contributed by atoms with E-state index in [1.807, 2.05) is 0 Å². The number of hydrogen-bond acceptors (Lipinski definition) is 5. The lowest BCUT2D eigenvalue weighted by atomic mass is 10.1. The number of methoxy groups -OCH3 is 1. The summed E-state index contributed by atoms with van der Waals surface area (Å²) < 4.78 is 9.85. The van der Waals surface area contributed by atoms with Crippen molar-refractivity contribution < 1.29 is 24.5 Å². The Bertz CT molecular complexity index is 274. The summed E-state index contributed by atoms with van der Waals surface area (Å²) in [5.74, 6) is -0.168. The maximum absolute atomic E-state index is 10.5. The van der Waals surface area contributed by atoms with Crippen molar-refractivity contribution >= 4 is 5.97 Å². The molecule has 0 heterocycles. The first-order chi connectivity index (χ1) is 13.7. The van der Waals surface area contributed by atoms with Gasteiger partial charge in [0.25, 0.3) is 0 Å². The molecular formula is C23H48O5. The largest absolute Gasteiger partial charge is 0.466 e. The topological polar surface area (TPSA) is 76.0 Å². The van der Waals surface area contributed by atoms with Crippen LogP contribution in [0.5, 0.6) is 0 Å². The van der Waals surface area contributed by atoms with Crippen LogP contribution in [0.1, 0.15) is 110 Å². The molecule has 0 fully saturated rings. The van der Waals surface area contributed by atoms with E-state index in [1.54, 1.807) is 7.11 Å². The molecule has 0 aromatic heterocycles. The Kier molecular flexibility index (Phi) is 30.1. The minimum atomic E-state index is -0.168. The van der Waals surface area contributed by atoms with E-state index in [1.165, 1.54) is 77.6 Å². The molecule has 0 aromatic carbocycles. The van der Waals surface area contributed by atoms with Crippen molar-refractivity contribution in [2.75, 3.05) is 33.5 Å². The number of esters is 1. The van der Waals surface area contributed by atoms with Crippen LogP contribution in [-0.2, 0) is 14.3 Å². The van der Waals surface area contributed by atoms with Crippen molar-refractivity contribution in [2.45, 2.75) is 110 Å². The average molecular weight is 405 g/mol. The number of unbranched alkanes of at least 4 members (excludes halogenated alkanes) is 14. The molecule has 0 saturated heterocycles. The molecule has 0 bridgehead atoms. The van der Waals surface area contributed by atoms with Crippen LogP contribution < -0.4 is 0 Å². The summed E-state index contributed by atoms with van der Waals surface area (Å²) in [5, 5.41) is 17.0. The van der Waals surface area contributed by atoms with Crippen LogP contribution in [0.2, 0.25) is 0 Å². The van der Waals surface area contributed by atoms with E-state index in [0.29, 0.717) is 19.8 Å². The fraction of sp³-hybridized carbons (Fsp3) is 0.957. The second-order valence-corrected chi connectivity index (χ2v) is 7.44. The van der Waals surface area contributed by atoms with Gasteiger partial charge in [0, 0.05) is 33.9 Å². The van der Waals surface area contributed by atoms with Gasteiger partial charge in [0.2, 0.25) is 0 Å². The van der Waals surface area contributed by atoms with Gasteiger partial charge in [0.1, 0.15) is 0 Å². The molecule has 0 amide bonds. The number of carbonyl (C=O) groups excluding carboxylic acids is 1. The molecule has 0 aromatic rings. The lowest BCUT2D eigenvalue weighted by molar-refractivity contribution is -0.141. The normalized spacial score (nSPS) is 10.4. The first-order valence-corrected chi connectivity index (χ1v) is 11.5. The van der Waals surface area contributed by atoms with E-state index in [9.17, 15) is 4.79 Å². The molecule has 0 radical (unpaired) electrons. The summed E-state index contributed by atoms with van der Waals surface area (Å²) in [6, 6.07) is 0. The Balaban J connectivity index is 0. The first kappa shape index (κ1) is 29.6. The Hall–Kier alpha value is -0.650. The fourth-order valence-corrected chi connectivity index (χ4v) is 2.91. The molecule has 0 saturated carbocycles. The maximum Gasteiger partial charge on any atom is 0.302 e. The zero-order chi connectivity index (χ0) is 21.1. The van der Waals surface area contributed by atoms with Gasteiger partial charge in [-0.05, 0) is 25.7 Å². The predicted molar refractivity (Wildman–Crippen MR) is 117 cm³/mol. The molecule has 0 aliphatic carbocycles. The van der Waals surface area contributed by atoms with Crippen molar-refractivity contribution in [2.24, 2.45) is 0 Å². The molecule has 5 nitrogen and oxygen atoms in total. The third-order valence-electron chi connectivity index (χ3n) is 4.61.